The topological polar surface area (TPSA) is 164 Å². The Hall–Kier alpha value is -4.45. The monoisotopic (exact) mass is 693 g/mol. The van der Waals surface area contributed by atoms with E-state index in [1.807, 2.05) is 14.0 Å². The van der Waals surface area contributed by atoms with Crippen LogP contribution in [0.15, 0.2) is 6.07 Å². The molecule has 50 heavy (non-hydrogen) atoms. The standard InChI is InChI=1S/C36H47N5O9/c1-17-10-20-11-22-24(13-37)41-23(28(40(22)7)26(20)32(30(17)46-9)47-15-45-8)12-21-27(33-31(48-16-49-33)18(2)29(21)42)25(41)14-38-34(43)19(3)39-35(44)50-36(4,5)6/h10,19,22-25,28,42H,11-12,14-16H2,1-9H3,(H,38,43)(H,39,44)/t19-,22-,23?,24-,25-,28-/m0/s1. The molecule has 0 saturated carbocycles. The van der Waals surface area contributed by atoms with E-state index in [-0.39, 0.29) is 44.0 Å². The van der Waals surface area contributed by atoms with Gasteiger partial charge in [-0.05, 0) is 72.6 Å². The molecule has 0 spiro atoms. The van der Waals surface area contributed by atoms with Crippen LogP contribution in [0.4, 0.5) is 4.79 Å². The number of carbonyl (C=O) groups is 2. The van der Waals surface area contributed by atoms with Crippen molar-refractivity contribution in [2.24, 2.45) is 0 Å². The van der Waals surface area contributed by atoms with E-state index in [0.29, 0.717) is 52.5 Å². The number of aromatic hydroxyl groups is 1. The minimum atomic E-state index is -0.915. The Morgan fingerprint density at radius 2 is 1.84 bits per heavy atom. The molecule has 2 aromatic rings. The summed E-state index contributed by atoms with van der Waals surface area (Å²) in [4.78, 5) is 30.4. The largest absolute Gasteiger partial charge is 0.507 e. The number of nitrogens with one attached hydrogen (secondary N) is 2. The van der Waals surface area contributed by atoms with Crippen molar-refractivity contribution in [3.8, 4) is 34.8 Å². The Kier molecular flexibility index (Phi) is 9.45. The number of amides is 2. The van der Waals surface area contributed by atoms with Crippen LogP contribution in [0.1, 0.15) is 73.2 Å². The second kappa shape index (κ2) is 13.4. The van der Waals surface area contributed by atoms with Gasteiger partial charge in [-0.2, -0.15) is 5.26 Å². The number of phenolic OH excluding ortho intramolecular Hbond substituents is 1. The molecule has 1 unspecified atom stereocenters. The Morgan fingerprint density at radius 3 is 2.50 bits per heavy atom. The Bertz CT molecular complexity index is 1730. The highest BCUT2D eigenvalue weighted by atomic mass is 16.7. The van der Waals surface area contributed by atoms with Gasteiger partial charge in [-0.15, -0.1) is 0 Å². The molecule has 0 radical (unpaired) electrons. The van der Waals surface area contributed by atoms with Gasteiger partial charge in [-0.3, -0.25) is 14.6 Å². The highest BCUT2D eigenvalue weighted by molar-refractivity contribution is 5.85. The summed E-state index contributed by atoms with van der Waals surface area (Å²) in [5.74, 6) is 1.78. The van der Waals surface area contributed by atoms with E-state index in [4.69, 9.17) is 28.4 Å². The second-order valence-corrected chi connectivity index (χ2v) is 14.4. The normalized spacial score (nSPS) is 24.2. The first kappa shape index (κ1) is 35.4. The number of likely N-dealkylation sites (N-methyl/N-ethyl adjacent to an activating group) is 1. The average molecular weight is 694 g/mol. The first-order valence-corrected chi connectivity index (χ1v) is 16.8. The van der Waals surface area contributed by atoms with Gasteiger partial charge in [0.15, 0.2) is 29.8 Å². The molecular formula is C36H47N5O9. The van der Waals surface area contributed by atoms with Crippen LogP contribution in [-0.2, 0) is 27.1 Å². The van der Waals surface area contributed by atoms with Crippen molar-refractivity contribution in [2.45, 2.75) is 96.2 Å². The number of ether oxygens (including phenoxy) is 6. The summed E-state index contributed by atoms with van der Waals surface area (Å²) in [6.07, 6.45) is 0.232. The van der Waals surface area contributed by atoms with E-state index in [9.17, 15) is 20.0 Å². The highest BCUT2D eigenvalue weighted by Gasteiger charge is 2.57. The summed E-state index contributed by atoms with van der Waals surface area (Å²) in [7, 11) is 5.20. The third-order valence-corrected chi connectivity index (χ3v) is 10.2. The predicted molar refractivity (Wildman–Crippen MR) is 181 cm³/mol. The number of hydrogen-bond donors (Lipinski definition) is 3. The number of nitriles is 1. The minimum absolute atomic E-state index is 0.0117. The molecule has 0 aliphatic carbocycles. The van der Waals surface area contributed by atoms with Crippen LogP contribution in [0.3, 0.4) is 0 Å². The highest BCUT2D eigenvalue weighted by Crippen LogP contribution is 2.58. The molecule has 6 rings (SSSR count). The van der Waals surface area contributed by atoms with Crippen LogP contribution in [-0.4, -0.2) is 98.1 Å². The van der Waals surface area contributed by atoms with Gasteiger partial charge in [-0.25, -0.2) is 4.79 Å². The van der Waals surface area contributed by atoms with Gasteiger partial charge in [0.25, 0.3) is 0 Å². The number of piperazine rings is 1. The van der Waals surface area contributed by atoms with Crippen molar-refractivity contribution < 1.29 is 43.1 Å². The fourth-order valence-corrected chi connectivity index (χ4v) is 8.18. The van der Waals surface area contributed by atoms with E-state index >= 15 is 0 Å². The zero-order valence-electron chi connectivity index (χ0n) is 30.1. The van der Waals surface area contributed by atoms with Gasteiger partial charge in [-0.1, -0.05) is 6.07 Å². The molecule has 6 atom stereocenters. The number of phenols is 1. The maximum absolute atomic E-state index is 13.5. The third kappa shape index (κ3) is 5.91. The number of rotatable bonds is 8. The number of hydrogen-bond acceptors (Lipinski definition) is 12. The molecule has 4 heterocycles. The summed E-state index contributed by atoms with van der Waals surface area (Å²) >= 11 is 0. The van der Waals surface area contributed by atoms with Crippen molar-refractivity contribution in [1.82, 2.24) is 20.4 Å². The molecule has 14 heteroatoms. The first-order valence-electron chi connectivity index (χ1n) is 16.8. The lowest BCUT2D eigenvalue weighted by molar-refractivity contribution is -0.123. The zero-order chi connectivity index (χ0) is 36.2. The van der Waals surface area contributed by atoms with Gasteiger partial charge in [0.1, 0.15) is 23.4 Å². The van der Waals surface area contributed by atoms with Gasteiger partial charge >= 0.3 is 6.09 Å². The maximum Gasteiger partial charge on any atom is 0.408 e. The van der Waals surface area contributed by atoms with Gasteiger partial charge < -0.3 is 44.2 Å². The molecule has 2 aromatic carbocycles. The second-order valence-electron chi connectivity index (χ2n) is 14.4. The quantitative estimate of drug-likeness (QED) is 0.345. The van der Waals surface area contributed by atoms with E-state index in [2.05, 4.69) is 32.6 Å². The molecular weight excluding hydrogens is 646 g/mol. The van der Waals surface area contributed by atoms with Crippen molar-refractivity contribution in [2.75, 3.05) is 41.4 Å². The van der Waals surface area contributed by atoms with Crippen LogP contribution in [0, 0.1) is 25.2 Å². The van der Waals surface area contributed by atoms with Gasteiger partial charge in [0.2, 0.25) is 12.7 Å². The van der Waals surface area contributed by atoms with Crippen LogP contribution in [0.2, 0.25) is 0 Å². The number of aryl methyl sites for hydroxylation is 1. The fourth-order valence-electron chi connectivity index (χ4n) is 8.18. The summed E-state index contributed by atoms with van der Waals surface area (Å²) in [5, 5.41) is 28.2. The minimum Gasteiger partial charge on any atom is -0.507 e. The Morgan fingerprint density at radius 1 is 1.12 bits per heavy atom. The lowest BCUT2D eigenvalue weighted by Gasteiger charge is -2.60. The average Bonchev–Trinajstić information content (AvgIpc) is 3.54. The molecule has 2 bridgehead atoms. The smallest absolute Gasteiger partial charge is 0.408 e. The van der Waals surface area contributed by atoms with E-state index in [1.165, 1.54) is 0 Å². The molecule has 4 aliphatic heterocycles. The maximum atomic E-state index is 13.5. The summed E-state index contributed by atoms with van der Waals surface area (Å²) in [6, 6.07) is 1.73. The van der Waals surface area contributed by atoms with Crippen LogP contribution in [0.5, 0.6) is 28.7 Å². The van der Waals surface area contributed by atoms with Gasteiger partial charge in [0.05, 0.1) is 25.3 Å². The van der Waals surface area contributed by atoms with Crippen LogP contribution < -0.4 is 29.6 Å². The Balaban J connectivity index is 1.46. The van der Waals surface area contributed by atoms with Crippen molar-refractivity contribution in [3.05, 3.63) is 39.4 Å². The summed E-state index contributed by atoms with van der Waals surface area (Å²) in [6.45, 7) is 10.6. The summed E-state index contributed by atoms with van der Waals surface area (Å²) < 4.78 is 34.7. The number of fused-ring (bicyclic) bond motifs is 9. The molecule has 270 valence electrons. The summed E-state index contributed by atoms with van der Waals surface area (Å²) in [5.41, 5.74) is 4.08. The van der Waals surface area contributed by atoms with Crippen LogP contribution in [0.25, 0.3) is 0 Å². The lowest BCUT2D eigenvalue weighted by atomic mass is 9.71. The zero-order valence-corrected chi connectivity index (χ0v) is 30.1. The molecule has 3 N–H and O–H groups in total. The number of nitrogens with zero attached hydrogens (tertiary/aromatic N) is 3. The number of carbonyl (C=O) groups excluding carboxylic acids is 2. The third-order valence-electron chi connectivity index (χ3n) is 10.2. The lowest BCUT2D eigenvalue weighted by Crippen LogP contribution is -2.69. The molecule has 2 amide bonds. The number of methoxy groups -OCH3 is 2. The van der Waals surface area contributed by atoms with Crippen molar-refractivity contribution in [3.63, 3.8) is 0 Å². The molecule has 0 aromatic heterocycles. The molecule has 4 aliphatic rings. The van der Waals surface area contributed by atoms with Gasteiger partial charge in [0, 0.05) is 48.0 Å². The molecule has 1 saturated heterocycles. The molecule has 14 nitrogen and oxygen atoms in total. The fraction of sp³-hybridized carbons (Fsp3) is 0.583. The van der Waals surface area contributed by atoms with E-state index < -0.39 is 35.7 Å². The number of alkyl carbamates (subject to hydrolysis) is 1. The number of benzene rings is 2. The van der Waals surface area contributed by atoms with E-state index in [1.54, 1.807) is 48.8 Å². The van der Waals surface area contributed by atoms with Crippen molar-refractivity contribution in [1.29, 1.82) is 5.26 Å². The van der Waals surface area contributed by atoms with E-state index in [0.717, 1.165) is 16.7 Å². The van der Waals surface area contributed by atoms with Crippen molar-refractivity contribution >= 4 is 12.0 Å². The SMILES string of the molecule is COCOc1c(OC)c(C)cc2c1[C@@H]1C3Cc4c(O)c(C)c5c(c4[C@H](CNC(=O)[C@H](C)NC(=O)OC(C)(C)C)N3[C@@H](C#N)[C@H](C2)N1C)OCO5. The Labute approximate surface area is 292 Å². The molecule has 1 fully saturated rings. The first-order chi connectivity index (χ1) is 23.7. The van der Waals surface area contributed by atoms with Crippen LogP contribution >= 0.6 is 0 Å². The predicted octanol–water partition coefficient (Wildman–Crippen LogP) is 3.53.